The van der Waals surface area contributed by atoms with Gasteiger partial charge in [0, 0.05) is 22.8 Å². The third kappa shape index (κ3) is 3.23. The van der Waals surface area contributed by atoms with E-state index in [-0.39, 0.29) is 5.91 Å². The fourth-order valence-corrected chi connectivity index (χ4v) is 3.83. The van der Waals surface area contributed by atoms with Gasteiger partial charge < -0.3 is 5.32 Å². The zero-order valence-corrected chi connectivity index (χ0v) is 12.2. The zero-order chi connectivity index (χ0) is 13.1. The molecule has 0 bridgehead atoms. The van der Waals surface area contributed by atoms with Crippen LogP contribution >= 0.6 is 22.7 Å². The van der Waals surface area contributed by atoms with Gasteiger partial charge in [0.25, 0.3) is 0 Å². The molecular formula is C14H16N2OS2. The van der Waals surface area contributed by atoms with Gasteiger partial charge in [-0.3, -0.25) is 9.69 Å². The van der Waals surface area contributed by atoms with Crippen molar-refractivity contribution in [2.75, 3.05) is 13.1 Å². The smallest absolute Gasteiger partial charge is 0.234 e. The van der Waals surface area contributed by atoms with Gasteiger partial charge in [-0.2, -0.15) is 0 Å². The first-order valence-corrected chi connectivity index (χ1v) is 8.14. The summed E-state index contributed by atoms with van der Waals surface area (Å²) in [6, 6.07) is 6.23. The Bertz CT molecular complexity index is 548. The van der Waals surface area contributed by atoms with E-state index < -0.39 is 0 Å². The van der Waals surface area contributed by atoms with Gasteiger partial charge in [-0.25, -0.2) is 0 Å². The first kappa shape index (κ1) is 12.8. The van der Waals surface area contributed by atoms with Crippen molar-refractivity contribution in [2.24, 2.45) is 0 Å². The number of carbonyl (C=O) groups excluding carboxylic acids is 1. The maximum atomic E-state index is 11.9. The summed E-state index contributed by atoms with van der Waals surface area (Å²) in [6.07, 6.45) is 1.07. The average Bonchev–Trinajstić information content (AvgIpc) is 3.07. The van der Waals surface area contributed by atoms with Crippen LogP contribution in [0.1, 0.15) is 15.3 Å². The summed E-state index contributed by atoms with van der Waals surface area (Å²) < 4.78 is 0. The fourth-order valence-electron chi connectivity index (χ4n) is 2.30. The predicted molar refractivity (Wildman–Crippen MR) is 79.5 cm³/mol. The van der Waals surface area contributed by atoms with Crippen LogP contribution < -0.4 is 5.32 Å². The van der Waals surface area contributed by atoms with Crippen LogP contribution in [-0.4, -0.2) is 23.9 Å². The van der Waals surface area contributed by atoms with Crippen molar-refractivity contribution in [1.82, 2.24) is 10.2 Å². The van der Waals surface area contributed by atoms with Gasteiger partial charge in [0.05, 0.1) is 13.1 Å². The lowest BCUT2D eigenvalue weighted by atomic mass is 10.1. The second-order valence-electron chi connectivity index (χ2n) is 4.69. The number of thiophene rings is 2. The summed E-state index contributed by atoms with van der Waals surface area (Å²) in [5.74, 6) is 0.118. The predicted octanol–water partition coefficient (Wildman–Crippen LogP) is 2.48. The molecule has 1 amide bonds. The molecule has 0 atom stereocenters. The van der Waals surface area contributed by atoms with E-state index in [2.05, 4.69) is 21.7 Å². The second-order valence-corrected chi connectivity index (χ2v) is 6.72. The lowest BCUT2D eigenvalue weighted by Gasteiger charge is -2.26. The Balaban J connectivity index is 1.48. The third-order valence-corrected chi connectivity index (χ3v) is 5.19. The van der Waals surface area contributed by atoms with Gasteiger partial charge in [-0.15, -0.1) is 22.7 Å². The van der Waals surface area contributed by atoms with Crippen molar-refractivity contribution >= 4 is 28.6 Å². The number of hydrogen-bond donors (Lipinski definition) is 1. The molecule has 1 N–H and O–H groups in total. The number of nitrogens with zero attached hydrogens (tertiary/aromatic N) is 1. The highest BCUT2D eigenvalue weighted by Gasteiger charge is 2.18. The molecule has 3 heterocycles. The van der Waals surface area contributed by atoms with Crippen molar-refractivity contribution in [2.45, 2.75) is 19.5 Å². The van der Waals surface area contributed by atoms with Crippen molar-refractivity contribution in [3.8, 4) is 0 Å². The van der Waals surface area contributed by atoms with Crippen molar-refractivity contribution in [3.05, 3.63) is 44.3 Å². The summed E-state index contributed by atoms with van der Waals surface area (Å²) in [5.41, 5.74) is 1.39. The first-order valence-electron chi connectivity index (χ1n) is 6.38. The molecule has 0 spiro atoms. The largest absolute Gasteiger partial charge is 0.350 e. The molecule has 2 aromatic rings. The maximum absolute atomic E-state index is 11.9. The van der Waals surface area contributed by atoms with E-state index in [1.165, 1.54) is 15.3 Å². The Morgan fingerprint density at radius 3 is 3.11 bits per heavy atom. The molecule has 1 aliphatic heterocycles. The molecule has 0 aromatic carbocycles. The fraction of sp³-hybridized carbons (Fsp3) is 0.357. The van der Waals surface area contributed by atoms with Gasteiger partial charge in [0.2, 0.25) is 5.91 Å². The van der Waals surface area contributed by atoms with Crippen LogP contribution in [0.4, 0.5) is 0 Å². The summed E-state index contributed by atoms with van der Waals surface area (Å²) in [4.78, 5) is 16.8. The quantitative estimate of drug-likeness (QED) is 0.939. The molecule has 0 saturated carbocycles. The minimum atomic E-state index is 0.118. The molecule has 1 aliphatic rings. The Morgan fingerprint density at radius 2 is 2.26 bits per heavy atom. The SMILES string of the molecule is O=C(CN1CCc2sccc2C1)NCc1cccs1. The maximum Gasteiger partial charge on any atom is 0.234 e. The van der Waals surface area contributed by atoms with Crippen molar-refractivity contribution in [1.29, 1.82) is 0 Å². The van der Waals surface area contributed by atoms with Gasteiger partial charge in [0.1, 0.15) is 0 Å². The molecule has 19 heavy (non-hydrogen) atoms. The summed E-state index contributed by atoms with van der Waals surface area (Å²) in [5, 5.41) is 7.16. The number of fused-ring (bicyclic) bond motifs is 1. The summed E-state index contributed by atoms with van der Waals surface area (Å²) in [7, 11) is 0. The topological polar surface area (TPSA) is 32.3 Å². The molecule has 0 aliphatic carbocycles. The van der Waals surface area contributed by atoms with E-state index >= 15 is 0 Å². The molecule has 0 unspecified atom stereocenters. The van der Waals surface area contributed by atoms with Gasteiger partial charge in [-0.05, 0) is 34.9 Å². The molecular weight excluding hydrogens is 276 g/mol. The molecule has 5 heteroatoms. The minimum absolute atomic E-state index is 0.118. The van der Waals surface area contributed by atoms with Crippen LogP contribution in [0.15, 0.2) is 29.0 Å². The Hall–Kier alpha value is -1.17. The molecule has 100 valence electrons. The second kappa shape index (κ2) is 5.86. The molecule has 0 fully saturated rings. The van der Waals surface area contributed by atoms with Crippen LogP contribution in [0.3, 0.4) is 0 Å². The van der Waals surface area contributed by atoms with E-state index in [0.717, 1.165) is 19.5 Å². The number of carbonyl (C=O) groups is 1. The van der Waals surface area contributed by atoms with Gasteiger partial charge in [-0.1, -0.05) is 6.07 Å². The van der Waals surface area contributed by atoms with Crippen molar-refractivity contribution < 1.29 is 4.79 Å². The molecule has 0 saturated heterocycles. The monoisotopic (exact) mass is 292 g/mol. The van der Waals surface area contributed by atoms with Crippen LogP contribution in [0, 0.1) is 0 Å². The van der Waals surface area contributed by atoms with Crippen LogP contribution in [0.25, 0.3) is 0 Å². The minimum Gasteiger partial charge on any atom is -0.350 e. The Morgan fingerprint density at radius 1 is 1.32 bits per heavy atom. The highest BCUT2D eigenvalue weighted by molar-refractivity contribution is 7.10. The van der Waals surface area contributed by atoms with Crippen LogP contribution in [0.5, 0.6) is 0 Å². The van der Waals surface area contributed by atoms with E-state index in [4.69, 9.17) is 0 Å². The lowest BCUT2D eigenvalue weighted by molar-refractivity contribution is -0.122. The average molecular weight is 292 g/mol. The Labute approximate surface area is 120 Å². The van der Waals surface area contributed by atoms with E-state index in [9.17, 15) is 4.79 Å². The normalized spacial score (nSPS) is 15.2. The van der Waals surface area contributed by atoms with Gasteiger partial charge >= 0.3 is 0 Å². The Kier molecular flexibility index (Phi) is 3.96. The summed E-state index contributed by atoms with van der Waals surface area (Å²) >= 11 is 3.50. The van der Waals surface area contributed by atoms with E-state index in [0.29, 0.717) is 13.1 Å². The zero-order valence-electron chi connectivity index (χ0n) is 10.6. The molecule has 3 nitrogen and oxygen atoms in total. The first-order chi connectivity index (χ1) is 9.31. The third-order valence-electron chi connectivity index (χ3n) is 3.29. The van der Waals surface area contributed by atoms with Crippen LogP contribution in [-0.2, 0) is 24.3 Å². The molecule has 2 aromatic heterocycles. The molecule has 3 rings (SSSR count). The highest BCUT2D eigenvalue weighted by atomic mass is 32.1. The molecule has 0 radical (unpaired) electrons. The van der Waals surface area contributed by atoms with E-state index in [1.54, 1.807) is 11.3 Å². The number of nitrogens with one attached hydrogen (secondary N) is 1. The summed E-state index contributed by atoms with van der Waals surface area (Å²) in [6.45, 7) is 3.04. The van der Waals surface area contributed by atoms with Crippen molar-refractivity contribution in [3.63, 3.8) is 0 Å². The standard InChI is InChI=1S/C14H16N2OS2/c17-14(15-8-12-2-1-6-18-12)10-16-5-3-13-11(9-16)4-7-19-13/h1-2,4,6-7H,3,5,8-10H2,(H,15,17). The van der Waals surface area contributed by atoms with Crippen LogP contribution in [0.2, 0.25) is 0 Å². The number of hydrogen-bond acceptors (Lipinski definition) is 4. The van der Waals surface area contributed by atoms with E-state index in [1.807, 2.05) is 28.8 Å². The number of rotatable bonds is 4. The van der Waals surface area contributed by atoms with Gasteiger partial charge in [0.15, 0.2) is 0 Å². The number of amides is 1. The lowest BCUT2D eigenvalue weighted by Crippen LogP contribution is -2.39. The highest BCUT2D eigenvalue weighted by Crippen LogP contribution is 2.23.